The summed E-state index contributed by atoms with van der Waals surface area (Å²) in [5.74, 6) is -0.285. The van der Waals surface area contributed by atoms with Crippen LogP contribution in [0.4, 0.5) is 0 Å². The maximum atomic E-state index is 9.79. The minimum Gasteiger partial charge on any atom is -0.196 e. The van der Waals surface area contributed by atoms with Gasteiger partial charge in [0.1, 0.15) is 0 Å². The fourth-order valence-electron chi connectivity index (χ4n) is 4.79. The third kappa shape index (κ3) is 1.02. The van der Waals surface area contributed by atoms with E-state index >= 15 is 0 Å². The van der Waals surface area contributed by atoms with Gasteiger partial charge in [-0.05, 0) is 32.1 Å². The fourth-order valence-corrected chi connectivity index (χ4v) is 4.79. The Bertz CT molecular complexity index is 633. The Morgan fingerprint density at radius 1 is 0.950 bits per heavy atom. The summed E-state index contributed by atoms with van der Waals surface area (Å²) < 4.78 is 0. The summed E-state index contributed by atoms with van der Waals surface area (Å²) in [6.45, 7) is 0. The van der Waals surface area contributed by atoms with Crippen molar-refractivity contribution in [2.45, 2.75) is 38.5 Å². The Morgan fingerprint density at radius 3 is 2.25 bits per heavy atom. The third-order valence-electron chi connectivity index (χ3n) is 5.75. The van der Waals surface area contributed by atoms with E-state index in [1.54, 1.807) is 0 Å². The zero-order valence-electron chi connectivity index (χ0n) is 11.2. The lowest BCUT2D eigenvalue weighted by atomic mass is 9.36. The van der Waals surface area contributed by atoms with Crippen molar-refractivity contribution in [3.05, 3.63) is 11.6 Å². The van der Waals surface area contributed by atoms with Crippen molar-refractivity contribution in [3.63, 3.8) is 0 Å². The first-order valence-electron chi connectivity index (χ1n) is 7.02. The van der Waals surface area contributed by atoms with Crippen LogP contribution >= 0.6 is 0 Å². The van der Waals surface area contributed by atoms with Crippen molar-refractivity contribution < 1.29 is 0 Å². The number of rotatable bonds is 0. The van der Waals surface area contributed by atoms with E-state index in [0.29, 0.717) is 0 Å². The second kappa shape index (κ2) is 3.85. The number of fused-ring (bicyclic) bond motifs is 2. The number of hydrogen-bond acceptors (Lipinski definition) is 4. The number of hydrogen-bond donors (Lipinski definition) is 0. The molecular formula is C16H14N4. The molecule has 0 aromatic rings. The number of nitriles is 4. The first-order valence-corrected chi connectivity index (χ1v) is 7.02. The predicted octanol–water partition coefficient (Wildman–Crippen LogP) is 2.96. The zero-order chi connectivity index (χ0) is 14.4. The van der Waals surface area contributed by atoms with Gasteiger partial charge < -0.3 is 0 Å². The van der Waals surface area contributed by atoms with Gasteiger partial charge in [-0.1, -0.05) is 18.1 Å². The molecule has 98 valence electrons. The van der Waals surface area contributed by atoms with E-state index in [-0.39, 0.29) is 5.92 Å². The Balaban J connectivity index is 2.38. The molecule has 2 atom stereocenters. The highest BCUT2D eigenvalue weighted by Crippen LogP contribution is 2.71. The van der Waals surface area contributed by atoms with E-state index < -0.39 is 16.2 Å². The van der Waals surface area contributed by atoms with Gasteiger partial charge in [0.25, 0.3) is 0 Å². The largest absolute Gasteiger partial charge is 0.196 e. The van der Waals surface area contributed by atoms with Crippen molar-refractivity contribution >= 4 is 0 Å². The van der Waals surface area contributed by atoms with Gasteiger partial charge in [-0.15, -0.1) is 0 Å². The number of allylic oxidation sites excluding steroid dienone is 2. The molecule has 1 spiro atoms. The first-order chi connectivity index (χ1) is 9.66. The normalized spacial score (nSPS) is 35.4. The maximum absolute atomic E-state index is 9.79. The monoisotopic (exact) mass is 262 g/mol. The summed E-state index contributed by atoms with van der Waals surface area (Å²) in [5.41, 5.74) is -2.45. The van der Waals surface area contributed by atoms with Gasteiger partial charge >= 0.3 is 0 Å². The van der Waals surface area contributed by atoms with Crippen LogP contribution in [0.25, 0.3) is 0 Å². The Kier molecular flexibility index (Phi) is 2.45. The Labute approximate surface area is 118 Å². The van der Waals surface area contributed by atoms with Crippen LogP contribution < -0.4 is 0 Å². The lowest BCUT2D eigenvalue weighted by Crippen LogP contribution is -2.62. The topological polar surface area (TPSA) is 95.2 Å². The second-order valence-corrected chi connectivity index (χ2v) is 6.13. The molecule has 20 heavy (non-hydrogen) atoms. The molecule has 2 bridgehead atoms. The molecule has 4 nitrogen and oxygen atoms in total. The molecule has 0 heterocycles. The van der Waals surface area contributed by atoms with Crippen LogP contribution in [0.5, 0.6) is 0 Å². The molecule has 0 aliphatic heterocycles. The smallest absolute Gasteiger partial charge is 0.185 e. The highest BCUT2D eigenvalue weighted by atomic mass is 14.7. The van der Waals surface area contributed by atoms with Gasteiger partial charge in [0.05, 0.1) is 24.3 Å². The lowest BCUT2D eigenvalue weighted by Gasteiger charge is -2.60. The molecule has 0 aromatic carbocycles. The average molecular weight is 262 g/mol. The Morgan fingerprint density at radius 2 is 1.65 bits per heavy atom. The number of nitrogens with zero attached hydrogens (tertiary/aromatic N) is 4. The molecule has 4 rings (SSSR count). The van der Waals surface area contributed by atoms with Crippen LogP contribution in [0.3, 0.4) is 0 Å². The average Bonchev–Trinajstić information content (AvgIpc) is 2.52. The lowest BCUT2D eigenvalue weighted by molar-refractivity contribution is -0.0221. The molecule has 4 heteroatoms. The minimum atomic E-state index is -1.52. The summed E-state index contributed by atoms with van der Waals surface area (Å²) in [6.07, 6.45) is 7.21. The van der Waals surface area contributed by atoms with E-state index in [0.717, 1.165) is 44.1 Å². The van der Waals surface area contributed by atoms with Crippen LogP contribution in [0.1, 0.15) is 38.5 Å². The summed E-state index contributed by atoms with van der Waals surface area (Å²) in [6, 6.07) is 8.41. The molecule has 4 aliphatic rings. The molecule has 2 saturated carbocycles. The van der Waals surface area contributed by atoms with Crippen molar-refractivity contribution in [1.29, 1.82) is 21.0 Å². The van der Waals surface area contributed by atoms with Gasteiger partial charge in [-0.2, -0.15) is 21.0 Å². The van der Waals surface area contributed by atoms with E-state index in [1.165, 1.54) is 0 Å². The van der Waals surface area contributed by atoms with Crippen molar-refractivity contribution in [2.24, 2.45) is 22.2 Å². The molecular weight excluding hydrogens is 248 g/mol. The van der Waals surface area contributed by atoms with E-state index in [1.807, 2.05) is 6.08 Å². The van der Waals surface area contributed by atoms with Crippen LogP contribution in [0, 0.1) is 67.5 Å². The molecule has 0 unspecified atom stereocenters. The van der Waals surface area contributed by atoms with Gasteiger partial charge in [0.2, 0.25) is 0 Å². The third-order valence-corrected chi connectivity index (χ3v) is 5.75. The molecule has 4 aliphatic carbocycles. The van der Waals surface area contributed by atoms with Crippen LogP contribution in [-0.4, -0.2) is 0 Å². The van der Waals surface area contributed by atoms with Crippen molar-refractivity contribution in [3.8, 4) is 24.3 Å². The zero-order valence-corrected chi connectivity index (χ0v) is 11.2. The van der Waals surface area contributed by atoms with E-state index in [9.17, 15) is 21.0 Å². The highest BCUT2D eigenvalue weighted by molar-refractivity contribution is 5.50. The van der Waals surface area contributed by atoms with Gasteiger partial charge in [-0.3, -0.25) is 0 Å². The van der Waals surface area contributed by atoms with E-state index in [4.69, 9.17) is 0 Å². The summed E-state index contributed by atoms with van der Waals surface area (Å²) >= 11 is 0. The second-order valence-electron chi connectivity index (χ2n) is 6.13. The predicted molar refractivity (Wildman–Crippen MR) is 69.0 cm³/mol. The highest BCUT2D eigenvalue weighted by Gasteiger charge is 2.74. The molecule has 0 amide bonds. The van der Waals surface area contributed by atoms with Gasteiger partial charge in [0.15, 0.2) is 10.8 Å². The first kappa shape index (κ1) is 12.7. The fraction of sp³-hybridized carbons (Fsp3) is 0.625. The van der Waals surface area contributed by atoms with Crippen molar-refractivity contribution in [2.75, 3.05) is 0 Å². The quantitative estimate of drug-likeness (QED) is 0.627. The molecule has 2 fully saturated rings. The van der Waals surface area contributed by atoms with Gasteiger partial charge in [-0.25, -0.2) is 0 Å². The summed E-state index contributed by atoms with van der Waals surface area (Å²) in [5, 5.41) is 38.9. The molecule has 0 radical (unpaired) electrons. The van der Waals surface area contributed by atoms with Gasteiger partial charge in [0, 0.05) is 11.3 Å². The van der Waals surface area contributed by atoms with Crippen molar-refractivity contribution in [1.82, 2.24) is 0 Å². The standard InChI is InChI=1S/C16H14N4/c17-8-15(9-18)13-4-6-14(16(15,10-19)11-20)5-2-1-3-12(14)7-13/h7,13H,1-6H2/t13-,14+/m0/s1. The SMILES string of the molecule is N#CC1(C#N)[C@@H]2C=C3CCCC[C@]3(CC2)C1(C#N)C#N. The minimum absolute atomic E-state index is 0.285. The maximum Gasteiger partial charge on any atom is 0.185 e. The van der Waals surface area contributed by atoms with E-state index in [2.05, 4.69) is 24.3 Å². The molecule has 0 N–H and O–H groups in total. The summed E-state index contributed by atoms with van der Waals surface area (Å²) in [4.78, 5) is 0. The Hall–Kier alpha value is -2.30. The van der Waals surface area contributed by atoms with Crippen LogP contribution in [-0.2, 0) is 0 Å². The molecule has 0 saturated heterocycles. The van der Waals surface area contributed by atoms with Crippen LogP contribution in [0.15, 0.2) is 11.6 Å². The van der Waals surface area contributed by atoms with Crippen LogP contribution in [0.2, 0.25) is 0 Å². The molecule has 0 aromatic heterocycles. The summed E-state index contributed by atoms with van der Waals surface area (Å²) in [7, 11) is 0.